The second-order valence-electron chi connectivity index (χ2n) is 8.26. The quantitative estimate of drug-likeness (QED) is 0.296. The van der Waals surface area contributed by atoms with Crippen molar-refractivity contribution in [3.05, 3.63) is 73.3 Å². The average molecular weight is 469 g/mol. The summed E-state index contributed by atoms with van der Waals surface area (Å²) in [6, 6.07) is 17.1. The first-order valence-electron chi connectivity index (χ1n) is 11.2. The Morgan fingerprint density at radius 3 is 2.69 bits per heavy atom. The maximum absolute atomic E-state index is 11.9. The number of nitrogens with one attached hydrogen (secondary N) is 3. The molecule has 0 radical (unpaired) electrons. The summed E-state index contributed by atoms with van der Waals surface area (Å²) in [5.74, 6) is 1.44. The maximum atomic E-state index is 11.9. The van der Waals surface area contributed by atoms with Crippen LogP contribution in [0.4, 0.5) is 11.5 Å². The van der Waals surface area contributed by atoms with E-state index in [1.165, 1.54) is 0 Å². The minimum atomic E-state index is -0.174. The van der Waals surface area contributed by atoms with Crippen LogP contribution in [0.25, 0.3) is 33.6 Å². The predicted molar refractivity (Wildman–Crippen MR) is 133 cm³/mol. The van der Waals surface area contributed by atoms with Crippen molar-refractivity contribution >= 4 is 28.5 Å². The van der Waals surface area contributed by atoms with Crippen molar-refractivity contribution in [2.45, 2.75) is 19.9 Å². The summed E-state index contributed by atoms with van der Waals surface area (Å²) in [5.41, 5.74) is 4.91. The molecule has 2 aromatic carbocycles. The number of hydrogen-bond acceptors (Lipinski definition) is 7. The van der Waals surface area contributed by atoms with Crippen LogP contribution in [0.1, 0.15) is 13.8 Å². The lowest BCUT2D eigenvalue weighted by Gasteiger charge is -2.11. The van der Waals surface area contributed by atoms with Crippen LogP contribution in [0.5, 0.6) is 5.75 Å². The normalized spacial score (nSPS) is 11.1. The van der Waals surface area contributed by atoms with Crippen LogP contribution >= 0.6 is 0 Å². The summed E-state index contributed by atoms with van der Waals surface area (Å²) >= 11 is 0. The number of anilines is 2. The summed E-state index contributed by atoms with van der Waals surface area (Å²) in [6.45, 7) is 3.74. The zero-order valence-corrected chi connectivity index (χ0v) is 19.3. The van der Waals surface area contributed by atoms with E-state index in [-0.39, 0.29) is 18.6 Å². The molecule has 0 atom stereocenters. The van der Waals surface area contributed by atoms with Crippen molar-refractivity contribution in [1.82, 2.24) is 25.5 Å². The van der Waals surface area contributed by atoms with Crippen LogP contribution in [-0.4, -0.2) is 38.7 Å². The standard InChI is InChI=1S/C26H24N6O3/c1-16(2)29-23(33)15-35-21-5-3-4-18(12-21)25-31-22-10-11-34-24(22)26(32-25)30-20-8-6-17(7-9-20)19-13-27-28-14-19/h3-14,16H,15H2,1-2H3,(H,27,28)(H,29,33)(H,30,31,32). The van der Waals surface area contributed by atoms with Gasteiger partial charge in [0, 0.05) is 35.1 Å². The smallest absolute Gasteiger partial charge is 0.258 e. The number of nitrogens with zero attached hydrogens (tertiary/aromatic N) is 3. The zero-order valence-electron chi connectivity index (χ0n) is 19.3. The second-order valence-corrected chi connectivity index (χ2v) is 8.26. The van der Waals surface area contributed by atoms with Gasteiger partial charge >= 0.3 is 0 Å². The fourth-order valence-corrected chi connectivity index (χ4v) is 3.61. The minimum absolute atomic E-state index is 0.0558. The summed E-state index contributed by atoms with van der Waals surface area (Å²) in [5, 5.41) is 13.0. The number of fused-ring (bicyclic) bond motifs is 1. The van der Waals surface area contributed by atoms with E-state index in [4.69, 9.17) is 14.1 Å². The maximum Gasteiger partial charge on any atom is 0.258 e. The van der Waals surface area contributed by atoms with Crippen molar-refractivity contribution in [2.75, 3.05) is 11.9 Å². The van der Waals surface area contributed by atoms with Crippen molar-refractivity contribution in [3.63, 3.8) is 0 Å². The molecule has 0 saturated carbocycles. The third kappa shape index (κ3) is 5.14. The first kappa shape index (κ1) is 22.1. The molecule has 1 amide bonds. The molecule has 35 heavy (non-hydrogen) atoms. The van der Waals surface area contributed by atoms with Crippen LogP contribution in [-0.2, 0) is 4.79 Å². The van der Waals surface area contributed by atoms with E-state index in [0.717, 1.165) is 22.4 Å². The molecular formula is C26H24N6O3. The third-order valence-electron chi connectivity index (χ3n) is 5.19. The molecule has 3 aromatic heterocycles. The van der Waals surface area contributed by atoms with Gasteiger partial charge in [0.15, 0.2) is 23.8 Å². The molecule has 0 aliphatic carbocycles. The van der Waals surface area contributed by atoms with E-state index in [9.17, 15) is 4.79 Å². The van der Waals surface area contributed by atoms with Gasteiger partial charge in [-0.2, -0.15) is 5.10 Å². The number of furan rings is 1. The van der Waals surface area contributed by atoms with Gasteiger partial charge in [0.05, 0.1) is 12.5 Å². The van der Waals surface area contributed by atoms with Gasteiger partial charge < -0.3 is 19.8 Å². The summed E-state index contributed by atoms with van der Waals surface area (Å²) in [6.07, 6.45) is 5.21. The van der Waals surface area contributed by atoms with Gasteiger partial charge in [0.25, 0.3) is 5.91 Å². The molecule has 0 aliphatic rings. The van der Waals surface area contributed by atoms with Crippen molar-refractivity contribution < 1.29 is 13.9 Å². The summed E-state index contributed by atoms with van der Waals surface area (Å²) in [4.78, 5) is 21.3. The Bertz CT molecular complexity index is 1440. The number of carbonyl (C=O) groups excluding carboxylic acids is 1. The molecule has 176 valence electrons. The Morgan fingerprint density at radius 2 is 1.91 bits per heavy atom. The molecule has 5 aromatic rings. The lowest BCUT2D eigenvalue weighted by molar-refractivity contribution is -0.123. The molecule has 0 aliphatic heterocycles. The molecule has 3 N–H and O–H groups in total. The highest BCUT2D eigenvalue weighted by Gasteiger charge is 2.14. The van der Waals surface area contributed by atoms with Crippen molar-refractivity contribution in [2.24, 2.45) is 0 Å². The van der Waals surface area contributed by atoms with E-state index in [1.807, 2.05) is 62.5 Å². The number of aromatic amines is 1. The van der Waals surface area contributed by atoms with E-state index in [0.29, 0.717) is 28.5 Å². The lowest BCUT2D eigenvalue weighted by atomic mass is 10.1. The third-order valence-corrected chi connectivity index (χ3v) is 5.19. The molecule has 0 unspecified atom stereocenters. The van der Waals surface area contributed by atoms with E-state index in [2.05, 4.69) is 25.8 Å². The zero-order chi connectivity index (χ0) is 24.2. The van der Waals surface area contributed by atoms with Gasteiger partial charge in [-0.3, -0.25) is 9.89 Å². The highest BCUT2D eigenvalue weighted by Crippen LogP contribution is 2.30. The van der Waals surface area contributed by atoms with E-state index < -0.39 is 0 Å². The first-order valence-corrected chi connectivity index (χ1v) is 11.2. The fourth-order valence-electron chi connectivity index (χ4n) is 3.61. The number of amides is 1. The number of rotatable bonds is 8. The molecule has 0 fully saturated rings. The average Bonchev–Trinajstić information content (AvgIpc) is 3.56. The molecule has 5 rings (SSSR count). The van der Waals surface area contributed by atoms with Gasteiger partial charge in [-0.1, -0.05) is 24.3 Å². The number of benzene rings is 2. The SMILES string of the molecule is CC(C)NC(=O)COc1cccc(-c2nc(Nc3ccc(-c4cn[nH]c4)cc3)c3occc3n2)c1. The molecule has 9 heteroatoms. The summed E-state index contributed by atoms with van der Waals surface area (Å²) in [7, 11) is 0. The Kier molecular flexibility index (Phi) is 6.13. The van der Waals surface area contributed by atoms with Crippen LogP contribution in [0.15, 0.2) is 77.7 Å². The van der Waals surface area contributed by atoms with Crippen LogP contribution in [0, 0.1) is 0 Å². The molecule has 0 saturated heterocycles. The van der Waals surface area contributed by atoms with Gasteiger partial charge in [-0.05, 0) is 43.7 Å². The molecule has 0 spiro atoms. The topological polar surface area (TPSA) is 118 Å². The van der Waals surface area contributed by atoms with Crippen LogP contribution in [0.3, 0.4) is 0 Å². The Balaban J connectivity index is 1.39. The highest BCUT2D eigenvalue weighted by molar-refractivity contribution is 5.87. The number of ether oxygens (including phenoxy) is 1. The Morgan fingerprint density at radius 1 is 1.06 bits per heavy atom. The van der Waals surface area contributed by atoms with Crippen LogP contribution in [0.2, 0.25) is 0 Å². The highest BCUT2D eigenvalue weighted by atomic mass is 16.5. The minimum Gasteiger partial charge on any atom is -0.484 e. The van der Waals surface area contributed by atoms with E-state index >= 15 is 0 Å². The number of carbonyl (C=O) groups is 1. The predicted octanol–water partition coefficient (Wildman–Crippen LogP) is 4.93. The number of hydrogen-bond donors (Lipinski definition) is 3. The number of aromatic nitrogens is 4. The summed E-state index contributed by atoms with van der Waals surface area (Å²) < 4.78 is 11.3. The molecular weight excluding hydrogens is 444 g/mol. The first-order chi connectivity index (χ1) is 17.0. The Hall–Kier alpha value is -4.66. The van der Waals surface area contributed by atoms with Gasteiger partial charge in [-0.25, -0.2) is 9.97 Å². The van der Waals surface area contributed by atoms with E-state index in [1.54, 1.807) is 24.6 Å². The fraction of sp³-hybridized carbons (Fsp3) is 0.154. The van der Waals surface area contributed by atoms with Gasteiger partial charge in [0.1, 0.15) is 11.3 Å². The van der Waals surface area contributed by atoms with Crippen molar-refractivity contribution in [3.8, 4) is 28.3 Å². The molecule has 3 heterocycles. The molecule has 0 bridgehead atoms. The molecule has 9 nitrogen and oxygen atoms in total. The second kappa shape index (κ2) is 9.68. The largest absolute Gasteiger partial charge is 0.484 e. The monoisotopic (exact) mass is 468 g/mol. The lowest BCUT2D eigenvalue weighted by Crippen LogP contribution is -2.34. The Labute approximate surface area is 201 Å². The van der Waals surface area contributed by atoms with Gasteiger partial charge in [0.2, 0.25) is 0 Å². The van der Waals surface area contributed by atoms with Crippen LogP contribution < -0.4 is 15.4 Å². The van der Waals surface area contributed by atoms with Crippen molar-refractivity contribution in [1.29, 1.82) is 0 Å². The van der Waals surface area contributed by atoms with Gasteiger partial charge in [-0.15, -0.1) is 0 Å². The number of H-pyrrole nitrogens is 1.